The number of likely N-dealkylation sites (tertiary alicyclic amines) is 1. The molecule has 4 aromatic carbocycles. The SMILES string of the molecule is CC(C)N1C(=O)C(O)(C(C)(C)C)C1c1ccc2ccc3cccc4ccc1c2c34. The zero-order valence-corrected chi connectivity index (χ0v) is 17.7. The van der Waals surface area contributed by atoms with Gasteiger partial charge >= 0.3 is 0 Å². The molecule has 29 heavy (non-hydrogen) atoms. The molecule has 0 aliphatic carbocycles. The maximum absolute atomic E-state index is 13.1. The van der Waals surface area contributed by atoms with Crippen molar-refractivity contribution < 1.29 is 9.90 Å². The Morgan fingerprint density at radius 3 is 2.03 bits per heavy atom. The predicted molar refractivity (Wildman–Crippen MR) is 119 cm³/mol. The van der Waals surface area contributed by atoms with Crippen molar-refractivity contribution in [2.24, 2.45) is 5.41 Å². The van der Waals surface area contributed by atoms with Crippen LogP contribution in [0, 0.1) is 5.41 Å². The number of nitrogens with zero attached hydrogens (tertiary/aromatic N) is 1. The van der Waals surface area contributed by atoms with E-state index in [1.807, 2.05) is 39.5 Å². The van der Waals surface area contributed by atoms with E-state index in [2.05, 4.69) is 54.6 Å². The molecule has 3 heteroatoms. The minimum absolute atomic E-state index is 0.0219. The number of β-lactam (4-membered cyclic amide) rings is 1. The van der Waals surface area contributed by atoms with E-state index in [1.165, 1.54) is 26.9 Å². The monoisotopic (exact) mass is 385 g/mol. The lowest BCUT2D eigenvalue weighted by Gasteiger charge is -2.60. The summed E-state index contributed by atoms with van der Waals surface area (Å²) in [5.74, 6) is -0.171. The van der Waals surface area contributed by atoms with Gasteiger partial charge in [-0.2, -0.15) is 0 Å². The zero-order chi connectivity index (χ0) is 20.7. The number of carbonyl (C=O) groups excluding carboxylic acids is 1. The fourth-order valence-corrected chi connectivity index (χ4v) is 5.20. The van der Waals surface area contributed by atoms with Crippen LogP contribution in [0.2, 0.25) is 0 Å². The molecule has 2 unspecified atom stereocenters. The van der Waals surface area contributed by atoms with Gasteiger partial charge in [0.2, 0.25) is 0 Å². The summed E-state index contributed by atoms with van der Waals surface area (Å²) in [5, 5.41) is 18.9. The van der Waals surface area contributed by atoms with E-state index in [-0.39, 0.29) is 18.0 Å². The van der Waals surface area contributed by atoms with Gasteiger partial charge in [-0.1, -0.05) is 75.4 Å². The van der Waals surface area contributed by atoms with E-state index >= 15 is 0 Å². The van der Waals surface area contributed by atoms with E-state index in [9.17, 15) is 9.90 Å². The molecule has 0 spiro atoms. The highest BCUT2D eigenvalue weighted by Crippen LogP contribution is 2.55. The summed E-state index contributed by atoms with van der Waals surface area (Å²) in [4.78, 5) is 14.9. The molecule has 4 aromatic rings. The molecule has 0 aromatic heterocycles. The van der Waals surface area contributed by atoms with Crippen molar-refractivity contribution in [1.82, 2.24) is 4.90 Å². The smallest absolute Gasteiger partial charge is 0.258 e. The molecule has 1 saturated heterocycles. The molecule has 1 fully saturated rings. The Bertz CT molecular complexity index is 1250. The second-order valence-corrected chi connectivity index (χ2v) is 9.74. The van der Waals surface area contributed by atoms with Crippen molar-refractivity contribution in [3.63, 3.8) is 0 Å². The van der Waals surface area contributed by atoms with Crippen molar-refractivity contribution in [3.05, 3.63) is 60.2 Å². The van der Waals surface area contributed by atoms with Gasteiger partial charge in [-0.25, -0.2) is 0 Å². The zero-order valence-electron chi connectivity index (χ0n) is 17.7. The lowest BCUT2D eigenvalue weighted by molar-refractivity contribution is -0.221. The summed E-state index contributed by atoms with van der Waals surface area (Å²) in [7, 11) is 0. The fourth-order valence-electron chi connectivity index (χ4n) is 5.20. The van der Waals surface area contributed by atoms with Crippen molar-refractivity contribution in [1.29, 1.82) is 0 Å². The topological polar surface area (TPSA) is 40.5 Å². The van der Waals surface area contributed by atoms with Crippen LogP contribution in [0.25, 0.3) is 32.3 Å². The molecule has 2 atom stereocenters. The number of aliphatic hydroxyl groups is 1. The molecule has 3 nitrogen and oxygen atoms in total. The van der Waals surface area contributed by atoms with Gasteiger partial charge in [0.15, 0.2) is 5.60 Å². The highest BCUT2D eigenvalue weighted by atomic mass is 16.3. The van der Waals surface area contributed by atoms with Crippen LogP contribution in [-0.4, -0.2) is 27.6 Å². The van der Waals surface area contributed by atoms with Crippen LogP contribution in [0.5, 0.6) is 0 Å². The van der Waals surface area contributed by atoms with Gasteiger partial charge in [-0.3, -0.25) is 4.79 Å². The van der Waals surface area contributed by atoms with Gasteiger partial charge < -0.3 is 10.0 Å². The normalized spacial score (nSPS) is 22.9. The van der Waals surface area contributed by atoms with Crippen LogP contribution in [0.3, 0.4) is 0 Å². The van der Waals surface area contributed by atoms with E-state index in [0.29, 0.717) is 0 Å². The third-order valence-corrected chi connectivity index (χ3v) is 6.79. The van der Waals surface area contributed by atoms with E-state index in [1.54, 1.807) is 0 Å². The fraction of sp³-hybridized carbons (Fsp3) is 0.346. The second kappa shape index (κ2) is 5.70. The largest absolute Gasteiger partial charge is 0.377 e. The van der Waals surface area contributed by atoms with E-state index in [0.717, 1.165) is 10.9 Å². The molecule has 0 bridgehead atoms. The molecular weight excluding hydrogens is 358 g/mol. The van der Waals surface area contributed by atoms with Crippen LogP contribution in [0.15, 0.2) is 54.6 Å². The number of hydrogen-bond donors (Lipinski definition) is 1. The van der Waals surface area contributed by atoms with Crippen LogP contribution >= 0.6 is 0 Å². The Morgan fingerprint density at radius 1 is 0.897 bits per heavy atom. The number of amides is 1. The third kappa shape index (κ3) is 2.20. The molecule has 148 valence electrons. The van der Waals surface area contributed by atoms with Crippen molar-refractivity contribution in [2.75, 3.05) is 0 Å². The first kappa shape index (κ1) is 18.4. The summed E-state index contributed by atoms with van der Waals surface area (Å²) in [6.07, 6.45) is 0. The molecule has 1 aliphatic heterocycles. The van der Waals surface area contributed by atoms with Crippen LogP contribution in [0.1, 0.15) is 46.2 Å². The van der Waals surface area contributed by atoms with Crippen molar-refractivity contribution >= 4 is 38.2 Å². The second-order valence-electron chi connectivity index (χ2n) is 9.74. The van der Waals surface area contributed by atoms with Crippen molar-refractivity contribution in [2.45, 2.75) is 52.3 Å². The molecule has 1 aliphatic rings. The maximum Gasteiger partial charge on any atom is 0.258 e. The molecule has 1 N–H and O–H groups in total. The Kier molecular flexibility index (Phi) is 3.61. The molecule has 1 heterocycles. The number of benzene rings is 4. The summed E-state index contributed by atoms with van der Waals surface area (Å²) in [6.45, 7) is 9.88. The first-order chi connectivity index (χ1) is 13.7. The highest BCUT2D eigenvalue weighted by molar-refractivity contribution is 6.23. The van der Waals surface area contributed by atoms with Gasteiger partial charge in [0, 0.05) is 11.5 Å². The van der Waals surface area contributed by atoms with Crippen molar-refractivity contribution in [3.8, 4) is 0 Å². The van der Waals surface area contributed by atoms with Crippen LogP contribution in [-0.2, 0) is 4.79 Å². The molecule has 1 amide bonds. The van der Waals surface area contributed by atoms with E-state index < -0.39 is 11.0 Å². The minimum Gasteiger partial charge on any atom is -0.377 e. The number of rotatable bonds is 2. The highest BCUT2D eigenvalue weighted by Gasteiger charge is 2.66. The summed E-state index contributed by atoms with van der Waals surface area (Å²) >= 11 is 0. The Morgan fingerprint density at radius 2 is 1.45 bits per heavy atom. The quantitative estimate of drug-likeness (QED) is 0.358. The Labute approximate surface area is 171 Å². The first-order valence-electron chi connectivity index (χ1n) is 10.4. The lowest BCUT2D eigenvalue weighted by atomic mass is 9.62. The van der Waals surface area contributed by atoms with Gasteiger partial charge in [-0.05, 0) is 51.7 Å². The standard InChI is InChI=1S/C26H27NO2/c1-15(2)27-23(26(29,24(27)28)25(3,4)5)20-14-12-18-10-9-16-7-6-8-17-11-13-19(20)22(18)21(16)17/h6-15,23,29H,1-5H3. The summed E-state index contributed by atoms with van der Waals surface area (Å²) < 4.78 is 0. The van der Waals surface area contributed by atoms with Gasteiger partial charge in [0.05, 0.1) is 6.04 Å². The molecular formula is C26H27NO2. The average Bonchev–Trinajstić information content (AvgIpc) is 2.68. The molecule has 0 saturated carbocycles. The first-order valence-corrected chi connectivity index (χ1v) is 10.4. The van der Waals surface area contributed by atoms with Gasteiger partial charge in [0.25, 0.3) is 5.91 Å². The molecule has 5 rings (SSSR count). The predicted octanol–water partition coefficient (Wildman–Crippen LogP) is 5.65. The summed E-state index contributed by atoms with van der Waals surface area (Å²) in [5.41, 5.74) is -0.953. The summed E-state index contributed by atoms with van der Waals surface area (Å²) in [6, 6.07) is 18.9. The van der Waals surface area contributed by atoms with Gasteiger partial charge in [-0.15, -0.1) is 0 Å². The third-order valence-electron chi connectivity index (χ3n) is 6.79. The Hall–Kier alpha value is -2.65. The maximum atomic E-state index is 13.1. The molecule has 0 radical (unpaired) electrons. The lowest BCUT2D eigenvalue weighted by Crippen LogP contribution is -2.74. The average molecular weight is 386 g/mol. The van der Waals surface area contributed by atoms with E-state index in [4.69, 9.17) is 0 Å². The minimum atomic E-state index is -1.42. The number of carbonyl (C=O) groups is 1. The Balaban J connectivity index is 1.85. The van der Waals surface area contributed by atoms with Crippen LogP contribution in [0.4, 0.5) is 0 Å². The van der Waals surface area contributed by atoms with Gasteiger partial charge in [0.1, 0.15) is 0 Å². The number of hydrogen-bond acceptors (Lipinski definition) is 2. The van der Waals surface area contributed by atoms with Crippen LogP contribution < -0.4 is 0 Å².